The summed E-state index contributed by atoms with van der Waals surface area (Å²) < 4.78 is 30.4. The van der Waals surface area contributed by atoms with Crippen LogP contribution in [0.1, 0.15) is 40.5 Å². The molecule has 0 bridgehead atoms. The van der Waals surface area contributed by atoms with Crippen LogP contribution in [0, 0.1) is 18.3 Å². The molecule has 0 saturated heterocycles. The van der Waals surface area contributed by atoms with Crippen LogP contribution in [0.5, 0.6) is 0 Å². The van der Waals surface area contributed by atoms with Crippen LogP contribution in [0.2, 0.25) is 0 Å². The Hall–Kier alpha value is -2.03. The van der Waals surface area contributed by atoms with E-state index in [1.807, 2.05) is 0 Å². The first kappa shape index (κ1) is 13.0. The third-order valence-electron chi connectivity index (χ3n) is 2.13. The first-order valence-electron chi connectivity index (χ1n) is 4.87. The van der Waals surface area contributed by atoms with Crippen molar-refractivity contribution in [2.75, 3.05) is 6.61 Å². The van der Waals surface area contributed by atoms with Crippen molar-refractivity contribution >= 4 is 5.97 Å². The molecule has 0 aliphatic carbocycles. The van der Waals surface area contributed by atoms with Gasteiger partial charge in [0.2, 0.25) is 0 Å². The van der Waals surface area contributed by atoms with Crippen LogP contribution >= 0.6 is 0 Å². The normalized spacial score (nSPS) is 10.1. The fourth-order valence-corrected chi connectivity index (χ4v) is 1.40. The maximum Gasteiger partial charge on any atom is 0.340 e. The molecule has 0 spiro atoms. The minimum Gasteiger partial charge on any atom is -0.462 e. The van der Waals surface area contributed by atoms with Crippen molar-refractivity contribution in [1.29, 1.82) is 5.26 Å². The molecule has 6 heteroatoms. The number of esters is 1. The lowest BCUT2D eigenvalue weighted by atomic mass is 10.0. The van der Waals surface area contributed by atoms with Gasteiger partial charge in [-0.2, -0.15) is 5.26 Å². The molecule has 0 aliphatic rings. The number of aryl methyl sites for hydroxylation is 1. The summed E-state index contributed by atoms with van der Waals surface area (Å²) in [5, 5.41) is 8.72. The SMILES string of the molecule is CCOC(=O)c1c(C)ncc(C#N)c1C(F)F. The molecule has 0 fully saturated rings. The van der Waals surface area contributed by atoms with E-state index in [2.05, 4.69) is 9.72 Å². The molecule has 0 saturated carbocycles. The number of carbonyl (C=O) groups is 1. The fourth-order valence-electron chi connectivity index (χ4n) is 1.40. The van der Waals surface area contributed by atoms with Crippen LogP contribution in [0.25, 0.3) is 0 Å². The minimum atomic E-state index is -2.93. The second-order valence-corrected chi connectivity index (χ2v) is 3.18. The number of halogens is 2. The predicted molar refractivity (Wildman–Crippen MR) is 54.6 cm³/mol. The van der Waals surface area contributed by atoms with E-state index in [0.29, 0.717) is 0 Å². The summed E-state index contributed by atoms with van der Waals surface area (Å²) in [5.74, 6) is -0.884. The number of rotatable bonds is 3. The van der Waals surface area contributed by atoms with Gasteiger partial charge in [0.25, 0.3) is 6.43 Å². The summed E-state index contributed by atoms with van der Waals surface area (Å²) in [5.41, 5.74) is -1.12. The first-order valence-corrected chi connectivity index (χ1v) is 4.87. The quantitative estimate of drug-likeness (QED) is 0.761. The maximum atomic E-state index is 12.9. The lowest BCUT2D eigenvalue weighted by Crippen LogP contribution is -2.13. The minimum absolute atomic E-state index is 0.0672. The van der Waals surface area contributed by atoms with Gasteiger partial charge in [-0.05, 0) is 13.8 Å². The number of aromatic nitrogens is 1. The third kappa shape index (κ3) is 2.56. The lowest BCUT2D eigenvalue weighted by Gasteiger charge is -2.11. The highest BCUT2D eigenvalue weighted by Crippen LogP contribution is 2.28. The molecule has 0 unspecified atom stereocenters. The molecule has 0 atom stereocenters. The van der Waals surface area contributed by atoms with Gasteiger partial charge < -0.3 is 4.74 Å². The van der Waals surface area contributed by atoms with Gasteiger partial charge in [-0.3, -0.25) is 4.98 Å². The Kier molecular flexibility index (Phi) is 4.10. The van der Waals surface area contributed by atoms with E-state index in [1.165, 1.54) is 6.92 Å². The zero-order valence-corrected chi connectivity index (χ0v) is 9.33. The largest absolute Gasteiger partial charge is 0.462 e. The molecule has 0 aliphatic heterocycles. The highest BCUT2D eigenvalue weighted by atomic mass is 19.3. The zero-order chi connectivity index (χ0) is 13.0. The monoisotopic (exact) mass is 240 g/mol. The average Bonchev–Trinajstić information content (AvgIpc) is 2.28. The Morgan fingerprint density at radius 2 is 2.29 bits per heavy atom. The van der Waals surface area contributed by atoms with E-state index >= 15 is 0 Å². The van der Waals surface area contributed by atoms with E-state index < -0.39 is 18.0 Å². The topological polar surface area (TPSA) is 63.0 Å². The van der Waals surface area contributed by atoms with E-state index in [9.17, 15) is 13.6 Å². The van der Waals surface area contributed by atoms with Crippen LogP contribution in [0.3, 0.4) is 0 Å². The number of pyridine rings is 1. The van der Waals surface area contributed by atoms with Gasteiger partial charge >= 0.3 is 5.97 Å². The molecule has 4 nitrogen and oxygen atoms in total. The number of hydrogen-bond donors (Lipinski definition) is 0. The fraction of sp³-hybridized carbons (Fsp3) is 0.364. The number of carbonyl (C=O) groups excluding carboxylic acids is 1. The van der Waals surface area contributed by atoms with Crippen molar-refractivity contribution < 1.29 is 18.3 Å². The van der Waals surface area contributed by atoms with Crippen molar-refractivity contribution in [3.05, 3.63) is 28.6 Å². The molecule has 1 heterocycles. The van der Waals surface area contributed by atoms with Gasteiger partial charge in [-0.25, -0.2) is 13.6 Å². The molecule has 1 aromatic heterocycles. The number of hydrogen-bond acceptors (Lipinski definition) is 4. The molecule has 0 radical (unpaired) electrons. The van der Waals surface area contributed by atoms with Crippen molar-refractivity contribution in [2.24, 2.45) is 0 Å². The van der Waals surface area contributed by atoms with Crippen LogP contribution in [0.15, 0.2) is 6.20 Å². The standard InChI is InChI=1S/C11H10F2N2O2/c1-3-17-11(16)8-6(2)15-5-7(4-14)9(8)10(12)13/h5,10H,3H2,1-2H3. The summed E-state index contributed by atoms with van der Waals surface area (Å²) in [6.45, 7) is 3.05. The van der Waals surface area contributed by atoms with Crippen LogP contribution in [-0.2, 0) is 4.74 Å². The smallest absolute Gasteiger partial charge is 0.340 e. The summed E-state index contributed by atoms with van der Waals surface area (Å²) in [6, 6.07) is 1.59. The Morgan fingerprint density at radius 1 is 1.65 bits per heavy atom. The van der Waals surface area contributed by atoms with Crippen molar-refractivity contribution in [2.45, 2.75) is 20.3 Å². The van der Waals surface area contributed by atoms with Crippen molar-refractivity contribution in [1.82, 2.24) is 4.98 Å². The van der Waals surface area contributed by atoms with Gasteiger partial charge in [-0.15, -0.1) is 0 Å². The summed E-state index contributed by atoms with van der Waals surface area (Å²) >= 11 is 0. The highest BCUT2D eigenvalue weighted by Gasteiger charge is 2.26. The van der Waals surface area contributed by atoms with Gasteiger partial charge in [0.05, 0.1) is 29.0 Å². The molecule has 0 amide bonds. The molecular weight excluding hydrogens is 230 g/mol. The van der Waals surface area contributed by atoms with Gasteiger partial charge in [-0.1, -0.05) is 0 Å². The van der Waals surface area contributed by atoms with Gasteiger partial charge in [0, 0.05) is 6.20 Å². The number of alkyl halides is 2. The predicted octanol–water partition coefficient (Wildman–Crippen LogP) is 2.38. The van der Waals surface area contributed by atoms with E-state index in [4.69, 9.17) is 5.26 Å². The lowest BCUT2D eigenvalue weighted by molar-refractivity contribution is 0.0513. The Labute approximate surface area is 96.8 Å². The Morgan fingerprint density at radius 3 is 2.76 bits per heavy atom. The average molecular weight is 240 g/mol. The summed E-state index contributed by atoms with van der Waals surface area (Å²) in [4.78, 5) is 15.3. The van der Waals surface area contributed by atoms with Crippen LogP contribution in [0.4, 0.5) is 8.78 Å². The molecule has 17 heavy (non-hydrogen) atoms. The summed E-state index contributed by atoms with van der Waals surface area (Å²) in [6.07, 6.45) is -1.90. The van der Waals surface area contributed by atoms with E-state index in [0.717, 1.165) is 6.20 Å². The molecule has 1 rings (SSSR count). The van der Waals surface area contributed by atoms with Crippen LogP contribution < -0.4 is 0 Å². The molecule has 0 N–H and O–H groups in total. The van der Waals surface area contributed by atoms with Gasteiger partial charge in [0.15, 0.2) is 0 Å². The Bertz CT molecular complexity index is 481. The van der Waals surface area contributed by atoms with Crippen LogP contribution in [-0.4, -0.2) is 17.6 Å². The highest BCUT2D eigenvalue weighted by molar-refractivity contribution is 5.93. The Balaban J connectivity index is 3.45. The third-order valence-corrected chi connectivity index (χ3v) is 2.13. The van der Waals surface area contributed by atoms with Gasteiger partial charge in [0.1, 0.15) is 6.07 Å². The second-order valence-electron chi connectivity index (χ2n) is 3.18. The number of ether oxygens (including phenoxy) is 1. The maximum absolute atomic E-state index is 12.9. The van der Waals surface area contributed by atoms with E-state index in [1.54, 1.807) is 13.0 Å². The number of nitriles is 1. The van der Waals surface area contributed by atoms with E-state index in [-0.39, 0.29) is 23.4 Å². The molecule has 0 aromatic carbocycles. The first-order chi connectivity index (χ1) is 8.02. The number of nitrogens with zero attached hydrogens (tertiary/aromatic N) is 2. The van der Waals surface area contributed by atoms with Crippen molar-refractivity contribution in [3.8, 4) is 6.07 Å². The molecular formula is C11H10F2N2O2. The zero-order valence-electron chi connectivity index (χ0n) is 9.33. The summed E-state index contributed by atoms with van der Waals surface area (Å²) in [7, 11) is 0. The van der Waals surface area contributed by atoms with Crippen molar-refractivity contribution in [3.63, 3.8) is 0 Å². The second kappa shape index (κ2) is 5.34. The molecule has 1 aromatic rings. The molecule has 90 valence electrons.